The van der Waals surface area contributed by atoms with E-state index in [1.165, 1.54) is 5.56 Å². The summed E-state index contributed by atoms with van der Waals surface area (Å²) in [7, 11) is 1.89. The standard InChI is InChI=1S/C15H24N4O2/c1-18(12-15(16)20)10-14-11-19(7-8-21-14)6-4-13-3-2-5-17-9-13/h2-3,5,9,14H,4,6-8,10-12H2,1H3,(H2,16,20)/t14-/m0/s1. The third-order valence-corrected chi connectivity index (χ3v) is 3.60. The van der Waals surface area contributed by atoms with Gasteiger partial charge in [-0.1, -0.05) is 6.07 Å². The zero-order chi connectivity index (χ0) is 15.1. The molecule has 6 heteroatoms. The minimum absolute atomic E-state index is 0.136. The van der Waals surface area contributed by atoms with Crippen LogP contribution >= 0.6 is 0 Å². The third kappa shape index (κ3) is 5.79. The predicted molar refractivity (Wildman–Crippen MR) is 80.8 cm³/mol. The van der Waals surface area contributed by atoms with Crippen molar-refractivity contribution >= 4 is 5.91 Å². The summed E-state index contributed by atoms with van der Waals surface area (Å²) in [6.07, 6.45) is 4.84. The molecule has 116 valence electrons. The quantitative estimate of drug-likeness (QED) is 0.750. The van der Waals surface area contributed by atoms with E-state index in [1.807, 2.05) is 24.2 Å². The Morgan fingerprint density at radius 3 is 3.19 bits per heavy atom. The molecule has 2 rings (SSSR count). The zero-order valence-corrected chi connectivity index (χ0v) is 12.6. The Bertz CT molecular complexity index is 441. The highest BCUT2D eigenvalue weighted by molar-refractivity contribution is 5.75. The van der Waals surface area contributed by atoms with Gasteiger partial charge < -0.3 is 10.5 Å². The Balaban J connectivity index is 1.74. The molecule has 0 bridgehead atoms. The molecule has 1 aliphatic rings. The van der Waals surface area contributed by atoms with Crippen LogP contribution in [-0.2, 0) is 16.0 Å². The summed E-state index contributed by atoms with van der Waals surface area (Å²) in [6, 6.07) is 4.07. The Morgan fingerprint density at radius 1 is 1.62 bits per heavy atom. The van der Waals surface area contributed by atoms with Crippen molar-refractivity contribution in [3.8, 4) is 0 Å². The molecule has 1 atom stereocenters. The van der Waals surface area contributed by atoms with Gasteiger partial charge in [0.25, 0.3) is 0 Å². The Hall–Kier alpha value is -1.50. The van der Waals surface area contributed by atoms with Gasteiger partial charge in [-0.15, -0.1) is 0 Å². The third-order valence-electron chi connectivity index (χ3n) is 3.60. The van der Waals surface area contributed by atoms with Crippen LogP contribution in [0.3, 0.4) is 0 Å². The van der Waals surface area contributed by atoms with Crippen LogP contribution in [0.4, 0.5) is 0 Å². The molecular formula is C15H24N4O2. The number of amides is 1. The number of carbonyl (C=O) groups is 1. The van der Waals surface area contributed by atoms with E-state index in [9.17, 15) is 4.79 Å². The number of hydrogen-bond donors (Lipinski definition) is 1. The number of nitrogens with zero attached hydrogens (tertiary/aromatic N) is 3. The molecule has 1 fully saturated rings. The van der Waals surface area contributed by atoms with Crippen molar-refractivity contribution in [1.82, 2.24) is 14.8 Å². The largest absolute Gasteiger partial charge is 0.374 e. The molecule has 0 spiro atoms. The van der Waals surface area contributed by atoms with Gasteiger partial charge in [0, 0.05) is 38.6 Å². The van der Waals surface area contributed by atoms with Crippen molar-refractivity contribution in [2.75, 3.05) is 46.4 Å². The fraction of sp³-hybridized carbons (Fsp3) is 0.600. The van der Waals surface area contributed by atoms with Crippen molar-refractivity contribution in [2.24, 2.45) is 5.73 Å². The number of nitrogens with two attached hydrogens (primary N) is 1. The van der Waals surface area contributed by atoms with Crippen LogP contribution in [0.2, 0.25) is 0 Å². The van der Waals surface area contributed by atoms with Crippen molar-refractivity contribution in [2.45, 2.75) is 12.5 Å². The summed E-state index contributed by atoms with van der Waals surface area (Å²) in [5, 5.41) is 0. The van der Waals surface area contributed by atoms with E-state index in [-0.39, 0.29) is 18.6 Å². The molecule has 0 radical (unpaired) electrons. The van der Waals surface area contributed by atoms with E-state index < -0.39 is 0 Å². The van der Waals surface area contributed by atoms with Gasteiger partial charge in [-0.05, 0) is 25.1 Å². The number of aromatic nitrogens is 1. The summed E-state index contributed by atoms with van der Waals surface area (Å²) in [4.78, 5) is 19.4. The maximum atomic E-state index is 10.9. The first kappa shape index (κ1) is 15.9. The second-order valence-corrected chi connectivity index (χ2v) is 5.57. The lowest BCUT2D eigenvalue weighted by Crippen LogP contribution is -2.48. The lowest BCUT2D eigenvalue weighted by molar-refractivity contribution is -0.119. The number of likely N-dealkylation sites (N-methyl/N-ethyl adjacent to an activating group) is 1. The Kier molecular flexibility index (Phi) is 6.10. The lowest BCUT2D eigenvalue weighted by Gasteiger charge is -2.34. The van der Waals surface area contributed by atoms with E-state index in [0.717, 1.165) is 39.2 Å². The highest BCUT2D eigenvalue weighted by atomic mass is 16.5. The summed E-state index contributed by atoms with van der Waals surface area (Å²) < 4.78 is 5.76. The minimum Gasteiger partial charge on any atom is -0.374 e. The highest BCUT2D eigenvalue weighted by Crippen LogP contribution is 2.08. The number of carbonyl (C=O) groups excluding carboxylic acids is 1. The SMILES string of the molecule is CN(CC(N)=O)C[C@H]1CN(CCc2cccnc2)CCO1. The second kappa shape index (κ2) is 8.07. The second-order valence-electron chi connectivity index (χ2n) is 5.57. The van der Waals surface area contributed by atoms with E-state index in [2.05, 4.69) is 16.0 Å². The maximum Gasteiger partial charge on any atom is 0.231 e. The van der Waals surface area contributed by atoms with Gasteiger partial charge in [0.15, 0.2) is 0 Å². The van der Waals surface area contributed by atoms with Crippen molar-refractivity contribution in [3.05, 3.63) is 30.1 Å². The van der Waals surface area contributed by atoms with Crippen LogP contribution in [-0.4, -0.2) is 73.2 Å². The van der Waals surface area contributed by atoms with Gasteiger partial charge in [0.05, 0.1) is 19.3 Å². The van der Waals surface area contributed by atoms with Crippen molar-refractivity contribution in [3.63, 3.8) is 0 Å². The van der Waals surface area contributed by atoms with Crippen LogP contribution in [0, 0.1) is 0 Å². The molecule has 2 heterocycles. The molecule has 0 saturated carbocycles. The van der Waals surface area contributed by atoms with Crippen LogP contribution < -0.4 is 5.73 Å². The molecule has 1 saturated heterocycles. The number of rotatable bonds is 7. The summed E-state index contributed by atoms with van der Waals surface area (Å²) in [5.74, 6) is -0.304. The molecule has 6 nitrogen and oxygen atoms in total. The first-order chi connectivity index (χ1) is 10.1. The van der Waals surface area contributed by atoms with Crippen LogP contribution in [0.5, 0.6) is 0 Å². The smallest absolute Gasteiger partial charge is 0.231 e. The van der Waals surface area contributed by atoms with Gasteiger partial charge in [0.1, 0.15) is 0 Å². The summed E-state index contributed by atoms with van der Waals surface area (Å²) >= 11 is 0. The summed E-state index contributed by atoms with van der Waals surface area (Å²) in [5.41, 5.74) is 6.46. The van der Waals surface area contributed by atoms with Crippen LogP contribution in [0.25, 0.3) is 0 Å². The number of hydrogen-bond acceptors (Lipinski definition) is 5. The van der Waals surface area contributed by atoms with Gasteiger partial charge in [-0.25, -0.2) is 0 Å². The zero-order valence-electron chi connectivity index (χ0n) is 12.6. The number of morpholine rings is 1. The molecule has 0 aliphatic carbocycles. The van der Waals surface area contributed by atoms with E-state index in [0.29, 0.717) is 0 Å². The van der Waals surface area contributed by atoms with E-state index >= 15 is 0 Å². The van der Waals surface area contributed by atoms with E-state index in [4.69, 9.17) is 10.5 Å². The van der Waals surface area contributed by atoms with Crippen molar-refractivity contribution in [1.29, 1.82) is 0 Å². The maximum absolute atomic E-state index is 10.9. The van der Waals surface area contributed by atoms with Gasteiger partial charge >= 0.3 is 0 Å². The van der Waals surface area contributed by atoms with E-state index in [1.54, 1.807) is 6.20 Å². The van der Waals surface area contributed by atoms with Gasteiger partial charge in [0.2, 0.25) is 5.91 Å². The average Bonchev–Trinajstić information content (AvgIpc) is 2.46. The fourth-order valence-corrected chi connectivity index (χ4v) is 2.61. The fourth-order valence-electron chi connectivity index (χ4n) is 2.61. The first-order valence-corrected chi connectivity index (χ1v) is 7.33. The topological polar surface area (TPSA) is 71.7 Å². The number of ether oxygens (including phenoxy) is 1. The average molecular weight is 292 g/mol. The minimum atomic E-state index is -0.304. The molecule has 1 aliphatic heterocycles. The Labute approximate surface area is 125 Å². The molecule has 0 unspecified atom stereocenters. The molecule has 1 amide bonds. The number of primary amides is 1. The lowest BCUT2D eigenvalue weighted by atomic mass is 10.2. The molecule has 0 aromatic carbocycles. The van der Waals surface area contributed by atoms with Crippen LogP contribution in [0.15, 0.2) is 24.5 Å². The van der Waals surface area contributed by atoms with Gasteiger partial charge in [-0.3, -0.25) is 19.6 Å². The Morgan fingerprint density at radius 2 is 2.48 bits per heavy atom. The molecular weight excluding hydrogens is 268 g/mol. The van der Waals surface area contributed by atoms with Crippen molar-refractivity contribution < 1.29 is 9.53 Å². The summed E-state index contributed by atoms with van der Waals surface area (Å²) in [6.45, 7) is 4.59. The normalized spacial score (nSPS) is 19.8. The molecule has 21 heavy (non-hydrogen) atoms. The number of pyridine rings is 1. The predicted octanol–water partition coefficient (Wildman–Crippen LogP) is -0.258. The molecule has 1 aromatic heterocycles. The van der Waals surface area contributed by atoms with Gasteiger partial charge in [-0.2, -0.15) is 0 Å². The monoisotopic (exact) mass is 292 g/mol. The molecule has 2 N–H and O–H groups in total. The molecule has 1 aromatic rings. The highest BCUT2D eigenvalue weighted by Gasteiger charge is 2.21. The first-order valence-electron chi connectivity index (χ1n) is 7.33. The van der Waals surface area contributed by atoms with Crippen LogP contribution in [0.1, 0.15) is 5.56 Å².